The maximum atomic E-state index is 10.4. The number of amides is 1. The molecule has 0 bridgehead atoms. The smallest absolute Gasteiger partial charge is 0.207 e. The van der Waals surface area contributed by atoms with E-state index in [0.717, 1.165) is 63.0 Å². The topological polar surface area (TPSA) is 114 Å². The highest BCUT2D eigenvalue weighted by Crippen LogP contribution is 2.27. The molecule has 4 rings (SSSR count). The number of nitrogens with zero attached hydrogens (tertiary/aromatic N) is 4. The molecule has 0 aliphatic rings. The van der Waals surface area contributed by atoms with Gasteiger partial charge in [-0.2, -0.15) is 0 Å². The van der Waals surface area contributed by atoms with Gasteiger partial charge in [0.15, 0.2) is 0 Å². The van der Waals surface area contributed by atoms with Gasteiger partial charge in [0.05, 0.1) is 43.2 Å². The van der Waals surface area contributed by atoms with Gasteiger partial charge in [-0.15, -0.1) is 0 Å². The first-order chi connectivity index (χ1) is 23.4. The molecule has 0 radical (unpaired) electrons. The quantitative estimate of drug-likeness (QED) is 0.0795. The summed E-state index contributed by atoms with van der Waals surface area (Å²) in [5.74, 6) is 4.05. The summed E-state index contributed by atoms with van der Waals surface area (Å²) < 4.78 is 0. The molecule has 0 atom stereocenters. The van der Waals surface area contributed by atoms with Crippen molar-refractivity contribution in [3.8, 4) is 33.6 Å². The van der Waals surface area contributed by atoms with Crippen LogP contribution in [-0.4, -0.2) is 65.8 Å². The normalized spacial score (nSPS) is 10.8. The number of carbonyl (C=O) groups is 1. The summed E-state index contributed by atoms with van der Waals surface area (Å²) in [6.45, 7) is 25.3. The molecule has 2 aromatic carbocycles. The molecule has 0 unspecified atom stereocenters. The number of benzene rings is 2. The summed E-state index contributed by atoms with van der Waals surface area (Å²) in [6.07, 6.45) is 5.92. The van der Waals surface area contributed by atoms with Gasteiger partial charge in [-0.25, -0.2) is 9.97 Å². The maximum absolute atomic E-state index is 10.4. The van der Waals surface area contributed by atoms with Crippen molar-refractivity contribution in [3.63, 3.8) is 0 Å². The van der Waals surface area contributed by atoms with Crippen molar-refractivity contribution in [2.24, 2.45) is 28.2 Å². The summed E-state index contributed by atoms with van der Waals surface area (Å²) in [5.41, 5.74) is 6.78. The van der Waals surface area contributed by atoms with Crippen LogP contribution >= 0.6 is 0 Å². The molecule has 4 aromatic rings. The molecule has 0 saturated heterocycles. The number of carbonyl (C=O) groups excluding carboxylic acids is 1. The molecule has 0 spiro atoms. The van der Waals surface area contributed by atoms with Crippen LogP contribution in [0.25, 0.3) is 33.6 Å². The number of aromatic nitrogens is 4. The summed E-state index contributed by atoms with van der Waals surface area (Å²) in [5, 5.41) is 5.66. The lowest BCUT2D eigenvalue weighted by Crippen LogP contribution is -2.12. The highest BCUT2D eigenvalue weighted by molar-refractivity contribution is 5.71. The Kier molecular flexibility index (Phi) is 22.7. The zero-order chi connectivity index (χ0) is 38.3. The summed E-state index contributed by atoms with van der Waals surface area (Å²) in [6, 6.07) is 16.7. The Morgan fingerprint density at radius 3 is 1.26 bits per heavy atom. The number of rotatable bonds is 9. The fourth-order valence-corrected chi connectivity index (χ4v) is 3.25. The van der Waals surface area contributed by atoms with Crippen LogP contribution in [0.5, 0.6) is 0 Å². The van der Waals surface area contributed by atoms with Crippen molar-refractivity contribution in [3.05, 3.63) is 72.6 Å². The minimum Gasteiger partial charge on any atom is -0.369 e. The molecule has 2 aromatic heterocycles. The van der Waals surface area contributed by atoms with Gasteiger partial charge in [0.25, 0.3) is 0 Å². The van der Waals surface area contributed by atoms with Crippen LogP contribution in [0.15, 0.2) is 65.9 Å². The number of aliphatic imine (C=N–C) groups is 1. The van der Waals surface area contributed by atoms with Crippen molar-refractivity contribution in [2.45, 2.75) is 89.3 Å². The molecule has 0 saturated carbocycles. The fraction of sp³-hybridized carbons (Fsp3) is 0.512. The van der Waals surface area contributed by atoms with Crippen molar-refractivity contribution < 1.29 is 4.79 Å². The van der Waals surface area contributed by atoms with E-state index in [1.54, 1.807) is 19.6 Å². The van der Waals surface area contributed by atoms with Crippen molar-refractivity contribution >= 4 is 12.7 Å². The van der Waals surface area contributed by atoms with E-state index < -0.39 is 0 Å². The third kappa shape index (κ3) is 21.7. The minimum atomic E-state index is 0.384. The second-order valence-electron chi connectivity index (χ2n) is 15.2. The molecule has 278 valence electrons. The van der Waals surface area contributed by atoms with E-state index in [0.29, 0.717) is 24.9 Å². The van der Waals surface area contributed by atoms with Gasteiger partial charge in [-0.3, -0.25) is 9.79 Å². The molecular formula is C41H68N8O. The lowest BCUT2D eigenvalue weighted by molar-refractivity contribution is -0.109. The van der Waals surface area contributed by atoms with Crippen molar-refractivity contribution in [1.29, 1.82) is 0 Å². The molecule has 0 fully saturated rings. The summed E-state index contributed by atoms with van der Waals surface area (Å²) >= 11 is 0. The Hall–Kier alpha value is -4.24. The maximum Gasteiger partial charge on any atom is 0.207 e. The SMILES string of the molecule is CC(C)C.CC(C)C.CC(C)C(C)(C)C.CN(C)C.CN=CNCc1ncc(-c2ccc(-c3ccc(-c4cnc(CNC=O)[nH]4)cc3)cc2)[nH]1. The molecule has 1 amide bonds. The zero-order valence-corrected chi connectivity index (χ0v) is 33.8. The third-order valence-electron chi connectivity index (χ3n) is 6.56. The van der Waals surface area contributed by atoms with Crippen LogP contribution < -0.4 is 10.6 Å². The van der Waals surface area contributed by atoms with Gasteiger partial charge in [0.2, 0.25) is 6.41 Å². The highest BCUT2D eigenvalue weighted by Gasteiger charge is 2.13. The van der Waals surface area contributed by atoms with Gasteiger partial charge in [0, 0.05) is 7.05 Å². The number of hydrogen-bond donors (Lipinski definition) is 4. The fourth-order valence-electron chi connectivity index (χ4n) is 3.25. The largest absolute Gasteiger partial charge is 0.369 e. The van der Waals surface area contributed by atoms with Crippen LogP contribution in [0.4, 0.5) is 0 Å². The number of aromatic amines is 2. The first kappa shape index (κ1) is 45.8. The van der Waals surface area contributed by atoms with Crippen LogP contribution in [0.1, 0.15) is 87.8 Å². The van der Waals surface area contributed by atoms with E-state index in [1.165, 1.54) is 0 Å². The number of hydrogen-bond acceptors (Lipinski definition) is 5. The Balaban J connectivity index is 0.00000104. The van der Waals surface area contributed by atoms with Gasteiger partial charge < -0.3 is 25.5 Å². The van der Waals surface area contributed by atoms with Crippen LogP contribution in [0.2, 0.25) is 0 Å². The molecule has 50 heavy (non-hydrogen) atoms. The Bertz CT molecular complexity index is 1420. The monoisotopic (exact) mass is 689 g/mol. The molecule has 4 N–H and O–H groups in total. The zero-order valence-electron chi connectivity index (χ0n) is 33.8. The third-order valence-corrected chi connectivity index (χ3v) is 6.56. The first-order valence-corrected chi connectivity index (χ1v) is 17.6. The Labute approximate surface area is 304 Å². The lowest BCUT2D eigenvalue weighted by atomic mass is 9.84. The standard InChI is InChI=1S/C23H23N7O.C7H16.2C4H10.C3H9N/c1-24-14-25-12-22-27-10-20(29-22)18-6-2-16(3-7-18)17-4-8-19(9-5-17)21-11-28-23(30-21)13-26-15-31;1-6(2)7(3,4)5;3*1-4(2)3/h2-11,14-15H,12-13H2,1H3,(H,24,25)(H,26,31)(H,27,29)(H,28,30);6H,1-5H3;2*4H,1-3H3;1-3H3. The Morgan fingerprint density at radius 1 is 0.680 bits per heavy atom. The molecule has 9 nitrogen and oxygen atoms in total. The molecule has 9 heteroatoms. The van der Waals surface area contributed by atoms with E-state index >= 15 is 0 Å². The van der Waals surface area contributed by atoms with Gasteiger partial charge >= 0.3 is 0 Å². The summed E-state index contributed by atoms with van der Waals surface area (Å²) in [4.78, 5) is 31.5. The lowest BCUT2D eigenvalue weighted by Gasteiger charge is -2.22. The average Bonchev–Trinajstić information content (AvgIpc) is 3.70. The van der Waals surface area contributed by atoms with Gasteiger partial charge in [-0.05, 0) is 66.6 Å². The van der Waals surface area contributed by atoms with Crippen LogP contribution in [0, 0.1) is 23.2 Å². The van der Waals surface area contributed by atoms with E-state index in [9.17, 15) is 4.79 Å². The van der Waals surface area contributed by atoms with Crippen LogP contribution in [-0.2, 0) is 17.9 Å². The van der Waals surface area contributed by atoms with E-state index in [-0.39, 0.29) is 0 Å². The average molecular weight is 689 g/mol. The van der Waals surface area contributed by atoms with E-state index in [1.807, 2.05) is 32.2 Å². The number of H-pyrrole nitrogens is 2. The minimum absolute atomic E-state index is 0.384. The molecular weight excluding hydrogens is 621 g/mol. The van der Waals surface area contributed by atoms with E-state index in [4.69, 9.17) is 0 Å². The second kappa shape index (κ2) is 24.8. The van der Waals surface area contributed by atoms with Gasteiger partial charge in [0.1, 0.15) is 11.6 Å². The number of imidazole rings is 2. The first-order valence-electron chi connectivity index (χ1n) is 17.6. The summed E-state index contributed by atoms with van der Waals surface area (Å²) in [7, 11) is 7.72. The molecule has 0 aliphatic heterocycles. The van der Waals surface area contributed by atoms with Crippen molar-refractivity contribution in [2.75, 3.05) is 28.2 Å². The number of nitrogens with one attached hydrogen (secondary N) is 4. The predicted molar refractivity (Wildman–Crippen MR) is 216 cm³/mol. The van der Waals surface area contributed by atoms with E-state index in [2.05, 4.69) is 160 Å². The highest BCUT2D eigenvalue weighted by atomic mass is 16.1. The molecule has 0 aliphatic carbocycles. The molecule has 2 heterocycles. The predicted octanol–water partition coefficient (Wildman–Crippen LogP) is 9.32. The second-order valence-corrected chi connectivity index (χ2v) is 15.2. The van der Waals surface area contributed by atoms with Gasteiger partial charge in [-0.1, -0.05) is 125 Å². The Morgan fingerprint density at radius 2 is 0.980 bits per heavy atom. The van der Waals surface area contributed by atoms with Crippen LogP contribution in [0.3, 0.4) is 0 Å². The van der Waals surface area contributed by atoms with Crippen molar-refractivity contribution in [1.82, 2.24) is 35.5 Å².